The monoisotopic (exact) mass is 433 g/mol. The van der Waals surface area contributed by atoms with E-state index in [0.29, 0.717) is 33.9 Å². The van der Waals surface area contributed by atoms with Crippen LogP contribution in [0.2, 0.25) is 0 Å². The van der Waals surface area contributed by atoms with Crippen LogP contribution in [-0.2, 0) is 0 Å². The summed E-state index contributed by atoms with van der Waals surface area (Å²) in [6.45, 7) is 3.14. The molecule has 0 aliphatic carbocycles. The summed E-state index contributed by atoms with van der Waals surface area (Å²) in [5.74, 6) is 0.619. The highest BCUT2D eigenvalue weighted by Gasteiger charge is 2.35. The van der Waals surface area contributed by atoms with Crippen molar-refractivity contribution in [3.05, 3.63) is 52.6 Å². The number of fused-ring (bicyclic) bond motifs is 5. The molecule has 0 unspecified atom stereocenters. The molecule has 3 N–H and O–H groups in total. The van der Waals surface area contributed by atoms with Crippen LogP contribution < -0.4 is 15.6 Å². The summed E-state index contributed by atoms with van der Waals surface area (Å²) in [7, 11) is 1.41. The Balaban J connectivity index is 1.57. The number of nitrogens with one attached hydrogen (secondary N) is 3. The second kappa shape index (κ2) is 7.34. The normalized spacial score (nSPS) is 22.5. The van der Waals surface area contributed by atoms with Crippen molar-refractivity contribution in [3.8, 4) is 17.1 Å². The predicted molar refractivity (Wildman–Crippen MR) is 123 cm³/mol. The summed E-state index contributed by atoms with van der Waals surface area (Å²) < 4.78 is 19.9. The maximum absolute atomic E-state index is 14.8. The number of ether oxygens (including phenoxy) is 1. The van der Waals surface area contributed by atoms with Crippen LogP contribution in [0.15, 0.2) is 41.2 Å². The molecule has 2 aromatic carbocycles. The second-order valence-electron chi connectivity index (χ2n) is 8.73. The number of aromatic nitrogens is 3. The number of imidazole rings is 1. The number of hydrogen-bond donors (Lipinski definition) is 3. The van der Waals surface area contributed by atoms with Gasteiger partial charge in [0.15, 0.2) is 11.6 Å². The Morgan fingerprint density at radius 2 is 1.97 bits per heavy atom. The zero-order chi connectivity index (χ0) is 21.8. The lowest BCUT2D eigenvalue weighted by Gasteiger charge is -2.45. The van der Waals surface area contributed by atoms with Crippen LogP contribution in [0, 0.1) is 11.7 Å². The van der Waals surface area contributed by atoms with Gasteiger partial charge in [0.25, 0.3) is 5.56 Å². The summed E-state index contributed by atoms with van der Waals surface area (Å²) in [5, 5.41) is 4.25. The van der Waals surface area contributed by atoms with E-state index < -0.39 is 5.82 Å². The first-order chi connectivity index (χ1) is 15.6. The van der Waals surface area contributed by atoms with Crippen LogP contribution in [0.3, 0.4) is 0 Å². The molecule has 3 fully saturated rings. The number of rotatable bonds is 4. The van der Waals surface area contributed by atoms with Gasteiger partial charge in [0.1, 0.15) is 11.4 Å². The van der Waals surface area contributed by atoms with Crippen molar-refractivity contribution in [2.45, 2.75) is 18.9 Å². The van der Waals surface area contributed by atoms with E-state index in [0.717, 1.165) is 43.5 Å². The van der Waals surface area contributed by atoms with Gasteiger partial charge in [-0.15, -0.1) is 0 Å². The number of anilines is 1. The summed E-state index contributed by atoms with van der Waals surface area (Å²) in [5.41, 5.74) is 2.87. The molecule has 3 aliphatic heterocycles. The van der Waals surface area contributed by atoms with Crippen LogP contribution >= 0.6 is 0 Å². The van der Waals surface area contributed by atoms with E-state index in [2.05, 4.69) is 25.2 Å². The minimum atomic E-state index is -0.473. The minimum absolute atomic E-state index is 0.0958. The van der Waals surface area contributed by atoms with E-state index in [4.69, 9.17) is 4.74 Å². The Hall–Kier alpha value is -3.39. The molecule has 164 valence electrons. The first-order valence-corrected chi connectivity index (χ1v) is 11.0. The number of piperidine rings is 3. The third-order valence-electron chi connectivity index (χ3n) is 6.90. The number of aromatic amines is 2. The van der Waals surface area contributed by atoms with Gasteiger partial charge in [-0.1, -0.05) is 12.1 Å². The van der Waals surface area contributed by atoms with Crippen molar-refractivity contribution in [1.82, 2.24) is 19.9 Å². The standard InChI is InChI=1S/C24H24FN5O2/c1-32-20-11-18-14(10-15(20)25)22(26-19-12-30-8-6-13(19)7-9-30)21(24(31)29-18)23-27-16-4-2-3-5-17(16)28-23/h2-5,10-11,13,19H,6-9,12H2,1H3,(H,27,28)(H2,26,29,31)/t19-/m0/s1. The van der Waals surface area contributed by atoms with Crippen LogP contribution in [0.4, 0.5) is 10.1 Å². The van der Waals surface area contributed by atoms with Crippen molar-refractivity contribution in [3.63, 3.8) is 0 Å². The molecule has 5 heterocycles. The number of nitrogens with zero attached hydrogens (tertiary/aromatic N) is 2. The SMILES string of the molecule is COc1cc2[nH]c(=O)c(-c3nc4ccccc4[nH]3)c(N[C@H]3CN4CCC3CC4)c2cc1F. The van der Waals surface area contributed by atoms with Crippen molar-refractivity contribution in [2.75, 3.05) is 32.1 Å². The highest BCUT2D eigenvalue weighted by molar-refractivity contribution is 5.99. The number of halogens is 1. The summed E-state index contributed by atoms with van der Waals surface area (Å²) in [4.78, 5) is 26.6. The topological polar surface area (TPSA) is 86.0 Å². The van der Waals surface area contributed by atoms with E-state index in [-0.39, 0.29) is 17.4 Å². The summed E-state index contributed by atoms with van der Waals surface area (Å²) in [6.07, 6.45) is 2.25. The Kier molecular flexibility index (Phi) is 4.43. The average molecular weight is 433 g/mol. The lowest BCUT2D eigenvalue weighted by Crippen LogP contribution is -2.53. The smallest absolute Gasteiger partial charge is 0.261 e. The fourth-order valence-electron chi connectivity index (χ4n) is 5.21. The third kappa shape index (κ3) is 3.05. The molecule has 0 spiro atoms. The van der Waals surface area contributed by atoms with E-state index in [1.54, 1.807) is 0 Å². The summed E-state index contributed by atoms with van der Waals surface area (Å²) >= 11 is 0. The van der Waals surface area contributed by atoms with E-state index >= 15 is 0 Å². The molecule has 3 saturated heterocycles. The van der Waals surface area contributed by atoms with Gasteiger partial charge < -0.3 is 24.9 Å². The highest BCUT2D eigenvalue weighted by Crippen LogP contribution is 2.37. The molecule has 0 saturated carbocycles. The molecule has 8 heteroatoms. The first kappa shape index (κ1) is 19.3. The predicted octanol–water partition coefficient (Wildman–Crippen LogP) is 3.73. The molecular weight excluding hydrogens is 409 g/mol. The highest BCUT2D eigenvalue weighted by atomic mass is 19.1. The molecule has 4 aromatic rings. The van der Waals surface area contributed by atoms with Crippen LogP contribution in [0.1, 0.15) is 12.8 Å². The zero-order valence-electron chi connectivity index (χ0n) is 17.7. The van der Waals surface area contributed by atoms with E-state index in [1.165, 1.54) is 19.2 Å². The van der Waals surface area contributed by atoms with Crippen molar-refractivity contribution >= 4 is 27.6 Å². The van der Waals surface area contributed by atoms with Crippen LogP contribution in [0.5, 0.6) is 5.75 Å². The van der Waals surface area contributed by atoms with Gasteiger partial charge in [-0.25, -0.2) is 9.37 Å². The first-order valence-electron chi connectivity index (χ1n) is 11.0. The minimum Gasteiger partial charge on any atom is -0.494 e. The van der Waals surface area contributed by atoms with Crippen molar-refractivity contribution < 1.29 is 9.13 Å². The molecule has 7 rings (SSSR count). The average Bonchev–Trinajstić information content (AvgIpc) is 3.23. The van der Waals surface area contributed by atoms with E-state index in [1.807, 2.05) is 24.3 Å². The fourth-order valence-corrected chi connectivity index (χ4v) is 5.21. The number of methoxy groups -OCH3 is 1. The fraction of sp³-hybridized carbons (Fsp3) is 0.333. The quantitative estimate of drug-likeness (QED) is 0.457. The van der Waals surface area contributed by atoms with Gasteiger partial charge >= 0.3 is 0 Å². The van der Waals surface area contributed by atoms with Crippen LogP contribution in [-0.4, -0.2) is 52.6 Å². The van der Waals surface area contributed by atoms with Gasteiger partial charge in [0.2, 0.25) is 0 Å². The van der Waals surface area contributed by atoms with Gasteiger partial charge in [0.05, 0.1) is 29.3 Å². The summed E-state index contributed by atoms with van der Waals surface area (Å²) in [6, 6.07) is 10.8. The molecule has 2 aromatic heterocycles. The largest absolute Gasteiger partial charge is 0.494 e. The molecule has 32 heavy (non-hydrogen) atoms. The number of pyridine rings is 1. The lowest BCUT2D eigenvalue weighted by atomic mass is 9.83. The van der Waals surface area contributed by atoms with Crippen molar-refractivity contribution in [1.29, 1.82) is 0 Å². The molecule has 7 nitrogen and oxygen atoms in total. The van der Waals surface area contributed by atoms with E-state index in [9.17, 15) is 9.18 Å². The Morgan fingerprint density at radius 1 is 1.16 bits per heavy atom. The lowest BCUT2D eigenvalue weighted by molar-refractivity contribution is 0.0976. The number of H-pyrrole nitrogens is 2. The molecular formula is C24H24FN5O2. The number of para-hydroxylation sites is 2. The molecule has 3 aliphatic rings. The molecule has 2 bridgehead atoms. The third-order valence-corrected chi connectivity index (χ3v) is 6.90. The Bertz CT molecular complexity index is 1350. The second-order valence-corrected chi connectivity index (χ2v) is 8.73. The maximum atomic E-state index is 14.8. The molecule has 0 radical (unpaired) electrons. The number of hydrogen-bond acceptors (Lipinski definition) is 5. The van der Waals surface area contributed by atoms with Gasteiger partial charge in [-0.05, 0) is 50.0 Å². The van der Waals surface area contributed by atoms with Gasteiger partial charge in [0, 0.05) is 24.0 Å². The van der Waals surface area contributed by atoms with Gasteiger partial charge in [-0.3, -0.25) is 4.79 Å². The van der Waals surface area contributed by atoms with Gasteiger partial charge in [-0.2, -0.15) is 0 Å². The Labute approximate surface area is 183 Å². The van der Waals surface area contributed by atoms with Crippen molar-refractivity contribution in [2.24, 2.45) is 5.92 Å². The Morgan fingerprint density at radius 3 is 2.69 bits per heavy atom. The molecule has 1 atom stereocenters. The maximum Gasteiger partial charge on any atom is 0.261 e. The van der Waals surface area contributed by atoms with Crippen LogP contribution in [0.25, 0.3) is 33.3 Å². The number of benzene rings is 2. The zero-order valence-corrected chi connectivity index (χ0v) is 17.7. The molecule has 0 amide bonds.